The molecule has 0 radical (unpaired) electrons. The van der Waals surface area contributed by atoms with Gasteiger partial charge in [-0.15, -0.1) is 0 Å². The van der Waals surface area contributed by atoms with Crippen LogP contribution in [0.25, 0.3) is 0 Å². The highest BCUT2D eigenvalue weighted by atomic mass is 16.8. The highest BCUT2D eigenvalue weighted by molar-refractivity contribution is 5.73. The Morgan fingerprint density at radius 3 is 1.79 bits per heavy atom. The molecule has 0 amide bonds. The van der Waals surface area contributed by atoms with Gasteiger partial charge in [0.25, 0.3) is 0 Å². The van der Waals surface area contributed by atoms with E-state index in [-0.39, 0.29) is 44.8 Å². The highest BCUT2D eigenvalue weighted by Gasteiger charge is 2.80. The Labute approximate surface area is 499 Å². The van der Waals surface area contributed by atoms with Crippen molar-refractivity contribution in [1.82, 2.24) is 0 Å². The number of fused-ring (bicyclic) bond motifs is 4. The Kier molecular flexibility index (Phi) is 18.0. The standard InChI is InChI=1S/C59H96O27/c1-23-32(64)35(67)39(71)49(78-23)85-45-36(68)34(66)25(19-60)79-51(45)83-43-41(73)44(47(74)75)84-52(46(43)86-50-40(72)37(69)42(26(20-61)80-50)82-48-38(70)33(65)24(62)21-76-48)81-31-11-12-55(6)27(54(31,4)5)9-13-56(7)28(55)10-14-59-29-17-53(2,3)15-16-58(29,22-77-59)30(63)18-57(56,59)8/h23-46,48-52,60-73H,9-22H2,1-8H3,(H,74,75)/t23-,24+,25+,26+,27?,28?,29+,30+,31-,32-,33-,34-,35+,36-,37+,38+,39+,40+,41-,42+,43-,44-,45+,46+,48-,49-,50-,51-,52+,55-,56+,57-,58+,59-/m0/s1. The number of carboxylic acid groups (broad SMARTS) is 1. The van der Waals surface area contributed by atoms with Crippen LogP contribution in [0.4, 0.5) is 0 Å². The molecule has 6 heterocycles. The third-order valence-electron chi connectivity index (χ3n) is 24.3. The highest BCUT2D eigenvalue weighted by Crippen LogP contribution is 2.80. The lowest BCUT2D eigenvalue weighted by Crippen LogP contribution is -2.74. The maximum absolute atomic E-state index is 13.3. The molecule has 494 valence electrons. The van der Waals surface area contributed by atoms with Crippen molar-refractivity contribution in [2.45, 2.75) is 285 Å². The normalized spacial score (nSPS) is 56.8. The molecule has 34 atom stereocenters. The van der Waals surface area contributed by atoms with Gasteiger partial charge in [-0.3, -0.25) is 0 Å². The fraction of sp³-hybridized carbons (Fsp3) is 0.983. The molecule has 2 unspecified atom stereocenters. The van der Waals surface area contributed by atoms with E-state index in [1.165, 1.54) is 6.92 Å². The van der Waals surface area contributed by atoms with Gasteiger partial charge in [0.1, 0.15) is 104 Å². The number of carbonyl (C=O) groups is 1. The molecule has 0 aromatic heterocycles. The Bertz CT molecular complexity index is 2410. The average molecular weight is 1240 g/mol. The van der Waals surface area contributed by atoms with Gasteiger partial charge in [-0.25, -0.2) is 4.79 Å². The van der Waals surface area contributed by atoms with E-state index in [0.717, 1.165) is 44.9 Å². The summed E-state index contributed by atoms with van der Waals surface area (Å²) in [6.45, 7) is 15.5. The zero-order valence-electron chi connectivity index (χ0n) is 50.2. The van der Waals surface area contributed by atoms with Crippen molar-refractivity contribution in [1.29, 1.82) is 0 Å². The van der Waals surface area contributed by atoms with Crippen LogP contribution in [0.3, 0.4) is 0 Å². The van der Waals surface area contributed by atoms with Crippen LogP contribution < -0.4 is 0 Å². The van der Waals surface area contributed by atoms with Gasteiger partial charge in [-0.1, -0.05) is 48.5 Å². The molecule has 6 saturated heterocycles. The van der Waals surface area contributed by atoms with Gasteiger partial charge in [-0.2, -0.15) is 0 Å². The third-order valence-corrected chi connectivity index (χ3v) is 24.3. The van der Waals surface area contributed by atoms with E-state index < -0.39 is 196 Å². The van der Waals surface area contributed by atoms with Crippen molar-refractivity contribution in [3.63, 3.8) is 0 Å². The largest absolute Gasteiger partial charge is 0.479 e. The summed E-state index contributed by atoms with van der Waals surface area (Å²) in [4.78, 5) is 13.3. The first-order valence-corrected chi connectivity index (χ1v) is 31.0. The number of aliphatic hydroxyl groups is 14. The second kappa shape index (κ2) is 23.5. The fourth-order valence-corrected chi connectivity index (χ4v) is 19.1. The van der Waals surface area contributed by atoms with Crippen LogP contribution in [0.2, 0.25) is 0 Å². The molecule has 27 heteroatoms. The van der Waals surface area contributed by atoms with Crippen LogP contribution in [0.15, 0.2) is 0 Å². The van der Waals surface area contributed by atoms with Crippen LogP contribution in [-0.2, 0) is 56.9 Å². The second-order valence-corrected chi connectivity index (χ2v) is 29.5. The number of rotatable bonds is 13. The predicted molar refractivity (Wildman–Crippen MR) is 288 cm³/mol. The molecule has 2 bridgehead atoms. The van der Waals surface area contributed by atoms with Gasteiger partial charge >= 0.3 is 5.97 Å². The maximum Gasteiger partial charge on any atom is 0.335 e. The van der Waals surface area contributed by atoms with Crippen molar-refractivity contribution in [3.8, 4) is 0 Å². The van der Waals surface area contributed by atoms with Gasteiger partial charge in [0.2, 0.25) is 0 Å². The molecule has 6 aliphatic heterocycles. The van der Waals surface area contributed by atoms with Crippen molar-refractivity contribution >= 4 is 5.97 Å². The molecule has 0 aromatic carbocycles. The Morgan fingerprint density at radius 1 is 0.512 bits per heavy atom. The smallest absolute Gasteiger partial charge is 0.335 e. The molecule has 11 fully saturated rings. The van der Waals surface area contributed by atoms with E-state index in [2.05, 4.69) is 48.5 Å². The average Bonchev–Trinajstić information content (AvgIpc) is 1.28. The first-order valence-electron chi connectivity index (χ1n) is 31.0. The number of hydrogen-bond donors (Lipinski definition) is 15. The molecular formula is C59H96O27. The molecule has 1 spiro atoms. The molecule has 11 rings (SSSR count). The van der Waals surface area contributed by atoms with Gasteiger partial charge in [-0.05, 0) is 111 Å². The van der Waals surface area contributed by atoms with Crippen molar-refractivity contribution in [2.75, 3.05) is 26.4 Å². The molecule has 11 aliphatic rings. The van der Waals surface area contributed by atoms with Crippen LogP contribution in [-0.4, -0.2) is 274 Å². The molecule has 86 heavy (non-hydrogen) atoms. The van der Waals surface area contributed by atoms with Gasteiger partial charge in [0, 0.05) is 10.8 Å². The van der Waals surface area contributed by atoms with Crippen LogP contribution in [0, 0.1) is 50.2 Å². The van der Waals surface area contributed by atoms with E-state index in [1.54, 1.807) is 0 Å². The molecular weight excluding hydrogens is 1140 g/mol. The summed E-state index contributed by atoms with van der Waals surface area (Å²) in [5, 5.41) is 166. The van der Waals surface area contributed by atoms with Gasteiger partial charge in [0.05, 0.1) is 50.3 Å². The number of aliphatic carboxylic acids is 1. The third kappa shape index (κ3) is 10.2. The summed E-state index contributed by atoms with van der Waals surface area (Å²) in [5.74, 6) is -1.34. The first kappa shape index (κ1) is 65.9. The summed E-state index contributed by atoms with van der Waals surface area (Å²) in [6.07, 6.45) is -38.4. The topological polar surface area (TPSA) is 422 Å². The zero-order valence-corrected chi connectivity index (χ0v) is 50.2. The Balaban J connectivity index is 0.915. The van der Waals surface area contributed by atoms with Crippen molar-refractivity contribution in [2.24, 2.45) is 50.2 Å². The Morgan fingerprint density at radius 2 is 1.10 bits per heavy atom. The zero-order chi connectivity index (χ0) is 62.5. The lowest BCUT2D eigenvalue weighted by molar-refractivity contribution is -0.409. The number of ether oxygens (including phenoxy) is 11. The van der Waals surface area contributed by atoms with Gasteiger partial charge < -0.3 is 129 Å². The SMILES string of the molecule is C[C@@H]1O[C@@H](O[C@H]2[C@H](O[C@H]3[C@H](O)[C@@H](C(=O)O)O[C@@H](O[C@H]4CC[C@@]5(C)C(CC[C@]6(C)C5CC[C@]57OC[C@@]8(CCC(C)(C)C[C@H]85)[C@H](O)C[C@]76C)C4(C)C)[C@@H]3O[C@@H]3O[C@H](CO)[C@@H](O[C@@H]4OC[C@@H](O)[C@H](O)[C@H]4O)[C@H](O)[C@H]3O)O[C@H](CO)[C@H](O)[C@@H]2O)[C@H](O)[C@H](O)[C@H]1O. The minimum atomic E-state index is -2.30. The van der Waals surface area contributed by atoms with Crippen molar-refractivity contribution < 1.29 is 133 Å². The van der Waals surface area contributed by atoms with Crippen LogP contribution in [0.1, 0.15) is 120 Å². The quantitative estimate of drug-likeness (QED) is 0.0830. The van der Waals surface area contributed by atoms with E-state index in [9.17, 15) is 81.4 Å². The first-order chi connectivity index (χ1) is 40.3. The maximum atomic E-state index is 13.3. The number of hydrogen-bond acceptors (Lipinski definition) is 26. The minimum Gasteiger partial charge on any atom is -0.479 e. The van der Waals surface area contributed by atoms with Gasteiger partial charge in [0.15, 0.2) is 37.6 Å². The number of aliphatic hydroxyl groups excluding tert-OH is 14. The van der Waals surface area contributed by atoms with E-state index in [0.29, 0.717) is 25.9 Å². The van der Waals surface area contributed by atoms with E-state index in [4.69, 9.17) is 52.1 Å². The molecule has 27 nitrogen and oxygen atoms in total. The molecule has 0 aromatic rings. The summed E-state index contributed by atoms with van der Waals surface area (Å²) < 4.78 is 68.3. The summed E-state index contributed by atoms with van der Waals surface area (Å²) >= 11 is 0. The summed E-state index contributed by atoms with van der Waals surface area (Å²) in [7, 11) is 0. The fourth-order valence-electron chi connectivity index (χ4n) is 19.1. The Hall–Kier alpha value is -1.53. The van der Waals surface area contributed by atoms with Crippen LogP contribution in [0.5, 0.6) is 0 Å². The predicted octanol–water partition coefficient (Wildman–Crippen LogP) is -2.77. The van der Waals surface area contributed by atoms with E-state index in [1.807, 2.05) is 0 Å². The summed E-state index contributed by atoms with van der Waals surface area (Å²) in [5.41, 5.74) is -2.22. The lowest BCUT2D eigenvalue weighted by Gasteiger charge is -2.75. The minimum absolute atomic E-state index is 0.0282. The number of carboxylic acids is 1. The molecule has 5 saturated carbocycles. The van der Waals surface area contributed by atoms with Crippen LogP contribution >= 0.6 is 0 Å². The monoisotopic (exact) mass is 1240 g/mol. The lowest BCUT2D eigenvalue weighted by atomic mass is 9.30. The molecule has 15 N–H and O–H groups in total. The van der Waals surface area contributed by atoms with E-state index >= 15 is 0 Å². The second-order valence-electron chi connectivity index (χ2n) is 29.5. The molecule has 5 aliphatic carbocycles. The summed E-state index contributed by atoms with van der Waals surface area (Å²) in [6, 6.07) is 0. The van der Waals surface area contributed by atoms with Crippen molar-refractivity contribution in [3.05, 3.63) is 0 Å².